The first-order valence-corrected chi connectivity index (χ1v) is 9.87. The normalized spacial score (nSPS) is 20.6. The lowest BCUT2D eigenvalue weighted by Crippen LogP contribution is -2.47. The standard InChI is InChI=1S/C22H29FO6/c1-13(2)28-20(25)22(21(26)29-14(3)4)11-17(10-18(22)12-27-15(5)24)16-6-8-19(23)9-7-16/h6-9,13-14,17-18H,10-12H2,1-5H3. The number of carbonyl (C=O) groups excluding carboxylic acids is 3. The van der Waals surface area contributed by atoms with Crippen molar-refractivity contribution < 1.29 is 33.0 Å². The fraction of sp³-hybridized carbons (Fsp3) is 0.591. The van der Waals surface area contributed by atoms with Crippen molar-refractivity contribution in [2.75, 3.05) is 6.61 Å². The second-order valence-corrected chi connectivity index (χ2v) is 8.07. The molecule has 6 nitrogen and oxygen atoms in total. The average Bonchev–Trinajstić information content (AvgIpc) is 3.00. The molecule has 0 bridgehead atoms. The highest BCUT2D eigenvalue weighted by Gasteiger charge is 2.61. The molecule has 0 amide bonds. The van der Waals surface area contributed by atoms with Crippen LogP contribution in [0.2, 0.25) is 0 Å². The first-order valence-electron chi connectivity index (χ1n) is 9.87. The molecule has 0 saturated heterocycles. The van der Waals surface area contributed by atoms with Crippen LogP contribution in [-0.4, -0.2) is 36.7 Å². The Balaban J connectivity index is 2.47. The summed E-state index contributed by atoms with van der Waals surface area (Å²) in [5.41, 5.74) is -0.793. The van der Waals surface area contributed by atoms with E-state index in [9.17, 15) is 18.8 Å². The molecule has 2 atom stereocenters. The third kappa shape index (κ3) is 5.34. The van der Waals surface area contributed by atoms with E-state index in [4.69, 9.17) is 14.2 Å². The van der Waals surface area contributed by atoms with Crippen molar-refractivity contribution in [2.24, 2.45) is 11.3 Å². The van der Waals surface area contributed by atoms with Crippen LogP contribution in [0.3, 0.4) is 0 Å². The van der Waals surface area contributed by atoms with Crippen LogP contribution in [0, 0.1) is 17.2 Å². The maximum atomic E-state index is 13.3. The SMILES string of the molecule is CC(=O)OCC1CC(c2ccc(F)cc2)CC1(C(=O)OC(C)C)C(=O)OC(C)C. The molecule has 1 fully saturated rings. The molecule has 2 rings (SSSR count). The maximum Gasteiger partial charge on any atom is 0.324 e. The molecule has 0 heterocycles. The number of carbonyl (C=O) groups is 3. The van der Waals surface area contributed by atoms with Crippen LogP contribution in [0.25, 0.3) is 0 Å². The molecule has 1 aliphatic carbocycles. The third-order valence-corrected chi connectivity index (χ3v) is 5.08. The molecule has 2 unspecified atom stereocenters. The summed E-state index contributed by atoms with van der Waals surface area (Å²) in [6, 6.07) is 5.96. The molecule has 29 heavy (non-hydrogen) atoms. The van der Waals surface area contributed by atoms with Crippen molar-refractivity contribution in [2.45, 2.75) is 65.6 Å². The van der Waals surface area contributed by atoms with Crippen molar-refractivity contribution in [1.29, 1.82) is 0 Å². The highest BCUT2D eigenvalue weighted by molar-refractivity contribution is 6.01. The number of rotatable bonds is 7. The molecule has 7 heteroatoms. The average molecular weight is 408 g/mol. The summed E-state index contributed by atoms with van der Waals surface area (Å²) in [6.07, 6.45) is -0.308. The molecule has 0 spiro atoms. The van der Waals surface area contributed by atoms with Crippen LogP contribution in [-0.2, 0) is 28.6 Å². The Morgan fingerprint density at radius 1 is 1.03 bits per heavy atom. The Kier molecular flexibility index (Phi) is 7.38. The van der Waals surface area contributed by atoms with Gasteiger partial charge in [0.25, 0.3) is 0 Å². The van der Waals surface area contributed by atoms with Gasteiger partial charge in [-0.05, 0) is 64.2 Å². The van der Waals surface area contributed by atoms with Gasteiger partial charge in [-0.15, -0.1) is 0 Å². The van der Waals surface area contributed by atoms with Crippen LogP contribution in [0.4, 0.5) is 4.39 Å². The predicted octanol–water partition coefficient (Wildman–Crippen LogP) is 3.77. The molecular weight excluding hydrogens is 379 g/mol. The molecule has 0 aromatic heterocycles. The van der Waals surface area contributed by atoms with Gasteiger partial charge in [-0.1, -0.05) is 12.1 Å². The minimum absolute atomic E-state index is 0.104. The number of ether oxygens (including phenoxy) is 3. The lowest BCUT2D eigenvalue weighted by atomic mass is 9.77. The Bertz CT molecular complexity index is 718. The molecule has 0 aliphatic heterocycles. The molecule has 0 N–H and O–H groups in total. The van der Waals surface area contributed by atoms with Gasteiger partial charge >= 0.3 is 17.9 Å². The second kappa shape index (κ2) is 9.37. The van der Waals surface area contributed by atoms with Crippen LogP contribution in [0.15, 0.2) is 24.3 Å². The summed E-state index contributed by atoms with van der Waals surface area (Å²) < 4.78 is 29.4. The van der Waals surface area contributed by atoms with Crippen LogP contribution >= 0.6 is 0 Å². The van der Waals surface area contributed by atoms with Crippen molar-refractivity contribution in [3.63, 3.8) is 0 Å². The summed E-state index contributed by atoms with van der Waals surface area (Å²) >= 11 is 0. The largest absolute Gasteiger partial charge is 0.466 e. The van der Waals surface area contributed by atoms with Gasteiger partial charge in [0.2, 0.25) is 0 Å². The fourth-order valence-corrected chi connectivity index (χ4v) is 3.82. The summed E-state index contributed by atoms with van der Waals surface area (Å²) in [5.74, 6) is -3.05. The Hall–Kier alpha value is -2.44. The lowest BCUT2D eigenvalue weighted by molar-refractivity contribution is -0.183. The first kappa shape index (κ1) is 22.8. The van der Waals surface area contributed by atoms with E-state index in [-0.39, 0.29) is 24.8 Å². The van der Waals surface area contributed by atoms with Gasteiger partial charge in [-0.3, -0.25) is 14.4 Å². The molecule has 1 aliphatic rings. The summed E-state index contributed by atoms with van der Waals surface area (Å²) in [5, 5.41) is 0. The molecule has 1 aromatic rings. The van der Waals surface area contributed by atoms with Crippen molar-refractivity contribution in [1.82, 2.24) is 0 Å². The minimum Gasteiger partial charge on any atom is -0.466 e. The van der Waals surface area contributed by atoms with Crippen molar-refractivity contribution >= 4 is 17.9 Å². The van der Waals surface area contributed by atoms with Gasteiger partial charge in [0.15, 0.2) is 5.41 Å². The Morgan fingerprint density at radius 3 is 2.00 bits per heavy atom. The molecule has 1 aromatic carbocycles. The summed E-state index contributed by atoms with van der Waals surface area (Å²) in [7, 11) is 0. The lowest BCUT2D eigenvalue weighted by Gasteiger charge is -2.32. The first-order chi connectivity index (χ1) is 13.6. The van der Waals surface area contributed by atoms with E-state index in [1.807, 2.05) is 0 Å². The van der Waals surface area contributed by atoms with Crippen LogP contribution in [0.1, 0.15) is 58.9 Å². The zero-order chi connectivity index (χ0) is 21.8. The van der Waals surface area contributed by atoms with Crippen LogP contribution in [0.5, 0.6) is 0 Å². The number of benzene rings is 1. The topological polar surface area (TPSA) is 78.9 Å². The van der Waals surface area contributed by atoms with Gasteiger partial charge in [0.05, 0.1) is 18.8 Å². The summed E-state index contributed by atoms with van der Waals surface area (Å²) in [4.78, 5) is 37.7. The fourth-order valence-electron chi connectivity index (χ4n) is 3.82. The predicted molar refractivity (Wildman–Crippen MR) is 103 cm³/mol. The minimum atomic E-state index is -1.59. The van der Waals surface area contributed by atoms with Gasteiger partial charge in [-0.2, -0.15) is 0 Å². The van der Waals surface area contributed by atoms with E-state index in [1.54, 1.807) is 39.8 Å². The van der Waals surface area contributed by atoms with Crippen molar-refractivity contribution in [3.05, 3.63) is 35.6 Å². The van der Waals surface area contributed by atoms with Gasteiger partial charge in [0.1, 0.15) is 5.82 Å². The van der Waals surface area contributed by atoms with E-state index < -0.39 is 41.4 Å². The summed E-state index contributed by atoms with van der Waals surface area (Å²) in [6.45, 7) is 7.97. The second-order valence-electron chi connectivity index (χ2n) is 8.07. The molecule has 0 radical (unpaired) electrons. The smallest absolute Gasteiger partial charge is 0.324 e. The number of hydrogen-bond acceptors (Lipinski definition) is 6. The molecule has 1 saturated carbocycles. The van der Waals surface area contributed by atoms with E-state index in [0.29, 0.717) is 6.42 Å². The monoisotopic (exact) mass is 408 g/mol. The van der Waals surface area contributed by atoms with Gasteiger partial charge in [-0.25, -0.2) is 4.39 Å². The maximum absolute atomic E-state index is 13.3. The molecule has 160 valence electrons. The number of halogens is 1. The zero-order valence-corrected chi connectivity index (χ0v) is 17.6. The van der Waals surface area contributed by atoms with Gasteiger partial charge in [0, 0.05) is 12.8 Å². The zero-order valence-electron chi connectivity index (χ0n) is 17.6. The Labute approximate surface area is 170 Å². The molecular formula is C22H29FO6. The number of esters is 3. The third-order valence-electron chi connectivity index (χ3n) is 5.08. The van der Waals surface area contributed by atoms with E-state index in [2.05, 4.69) is 0 Å². The van der Waals surface area contributed by atoms with Crippen molar-refractivity contribution in [3.8, 4) is 0 Å². The quantitative estimate of drug-likeness (QED) is 0.388. The highest BCUT2D eigenvalue weighted by atomic mass is 19.1. The van der Waals surface area contributed by atoms with Gasteiger partial charge < -0.3 is 14.2 Å². The van der Waals surface area contributed by atoms with E-state index >= 15 is 0 Å². The van der Waals surface area contributed by atoms with Crippen LogP contribution < -0.4 is 0 Å². The van der Waals surface area contributed by atoms with E-state index in [0.717, 1.165) is 5.56 Å². The Morgan fingerprint density at radius 2 is 1.55 bits per heavy atom. The van der Waals surface area contributed by atoms with E-state index in [1.165, 1.54) is 19.1 Å². The highest BCUT2D eigenvalue weighted by Crippen LogP contribution is 2.52. The number of hydrogen-bond donors (Lipinski definition) is 0.